The molecule has 6 heteroatoms. The fourth-order valence-electron chi connectivity index (χ4n) is 2.03. The number of pyridine rings is 2. The second-order valence-electron chi connectivity index (χ2n) is 4.79. The Morgan fingerprint density at radius 3 is 2.39 bits per heavy atom. The number of nitrogens with two attached hydrogens (primary N) is 1. The van der Waals surface area contributed by atoms with E-state index in [0.29, 0.717) is 28.7 Å². The second-order valence-corrected chi connectivity index (χ2v) is 4.79. The van der Waals surface area contributed by atoms with E-state index in [-0.39, 0.29) is 5.91 Å². The summed E-state index contributed by atoms with van der Waals surface area (Å²) in [5.41, 5.74) is 6.64. The number of amides is 1. The third-order valence-electron chi connectivity index (χ3n) is 3.12. The van der Waals surface area contributed by atoms with Gasteiger partial charge in [-0.3, -0.25) is 4.79 Å². The Hall–Kier alpha value is -3.41. The van der Waals surface area contributed by atoms with Crippen molar-refractivity contribution in [3.05, 3.63) is 72.4 Å². The highest BCUT2D eigenvalue weighted by atomic mass is 16.1. The van der Waals surface area contributed by atoms with Crippen LogP contribution in [0.15, 0.2) is 66.9 Å². The molecule has 2 aromatic heterocycles. The fourth-order valence-corrected chi connectivity index (χ4v) is 2.03. The van der Waals surface area contributed by atoms with Crippen LogP contribution in [0.25, 0.3) is 0 Å². The zero-order chi connectivity index (χ0) is 16.1. The Morgan fingerprint density at radius 1 is 0.870 bits per heavy atom. The average Bonchev–Trinajstić information content (AvgIpc) is 2.56. The number of benzene rings is 1. The lowest BCUT2D eigenvalue weighted by Gasteiger charge is -2.09. The Kier molecular flexibility index (Phi) is 4.15. The van der Waals surface area contributed by atoms with Crippen molar-refractivity contribution >= 4 is 29.0 Å². The van der Waals surface area contributed by atoms with Gasteiger partial charge in [0.25, 0.3) is 5.91 Å². The molecule has 23 heavy (non-hydrogen) atoms. The van der Waals surface area contributed by atoms with Gasteiger partial charge in [-0.2, -0.15) is 0 Å². The van der Waals surface area contributed by atoms with Crippen molar-refractivity contribution in [2.24, 2.45) is 0 Å². The summed E-state index contributed by atoms with van der Waals surface area (Å²) in [5, 5.41) is 5.81. The fraction of sp³-hybridized carbons (Fsp3) is 0. The number of nitrogens with zero attached hydrogens (tertiary/aromatic N) is 2. The highest BCUT2D eigenvalue weighted by Gasteiger charge is 2.10. The average molecular weight is 305 g/mol. The number of aromatic nitrogens is 2. The van der Waals surface area contributed by atoms with Gasteiger partial charge in [0.05, 0.1) is 5.56 Å². The minimum atomic E-state index is -0.300. The molecule has 2 heterocycles. The van der Waals surface area contributed by atoms with Gasteiger partial charge in [0.2, 0.25) is 0 Å². The number of carbonyl (C=O) groups is 1. The largest absolute Gasteiger partial charge is 0.398 e. The molecule has 0 aliphatic rings. The van der Waals surface area contributed by atoms with Gasteiger partial charge >= 0.3 is 0 Å². The molecule has 0 bridgehead atoms. The van der Waals surface area contributed by atoms with Gasteiger partial charge in [-0.15, -0.1) is 0 Å². The summed E-state index contributed by atoms with van der Waals surface area (Å²) in [4.78, 5) is 20.7. The lowest BCUT2D eigenvalue weighted by atomic mass is 10.1. The molecule has 3 rings (SSSR count). The lowest BCUT2D eigenvalue weighted by molar-refractivity contribution is 0.102. The van der Waals surface area contributed by atoms with Crippen molar-refractivity contribution in [3.8, 4) is 0 Å². The van der Waals surface area contributed by atoms with Crippen molar-refractivity contribution in [2.45, 2.75) is 0 Å². The maximum atomic E-state index is 12.2. The minimum absolute atomic E-state index is 0.300. The van der Waals surface area contributed by atoms with Crippen LogP contribution in [0.3, 0.4) is 0 Å². The number of rotatable bonds is 4. The monoisotopic (exact) mass is 305 g/mol. The number of carbonyl (C=O) groups excluding carboxylic acids is 1. The number of nitrogen functional groups attached to an aromatic ring is 1. The molecule has 0 fully saturated rings. The number of para-hydroxylation sites is 1. The first-order chi connectivity index (χ1) is 11.2. The van der Waals surface area contributed by atoms with Gasteiger partial charge in [0.15, 0.2) is 0 Å². The first-order valence-corrected chi connectivity index (χ1v) is 7.03. The first-order valence-electron chi connectivity index (χ1n) is 7.03. The molecule has 0 aliphatic carbocycles. The molecule has 114 valence electrons. The van der Waals surface area contributed by atoms with E-state index < -0.39 is 0 Å². The molecule has 0 unspecified atom stereocenters. The van der Waals surface area contributed by atoms with Crippen LogP contribution in [0.5, 0.6) is 0 Å². The molecule has 0 aliphatic heterocycles. The Balaban J connectivity index is 1.75. The molecular weight excluding hydrogens is 290 g/mol. The third-order valence-corrected chi connectivity index (χ3v) is 3.12. The molecule has 1 aromatic carbocycles. The highest BCUT2D eigenvalue weighted by Crippen LogP contribution is 2.16. The van der Waals surface area contributed by atoms with E-state index in [1.165, 1.54) is 0 Å². The maximum absolute atomic E-state index is 12.2. The van der Waals surface area contributed by atoms with E-state index in [1.54, 1.807) is 48.7 Å². The van der Waals surface area contributed by atoms with Gasteiger partial charge < -0.3 is 16.4 Å². The van der Waals surface area contributed by atoms with Crippen molar-refractivity contribution in [3.63, 3.8) is 0 Å². The predicted octanol–water partition coefficient (Wildman–Crippen LogP) is 3.05. The van der Waals surface area contributed by atoms with E-state index in [0.717, 1.165) is 0 Å². The SMILES string of the molecule is Nc1ccccc1C(=O)Nc1cccc(Nc2ccccn2)n1. The van der Waals surface area contributed by atoms with E-state index in [1.807, 2.05) is 18.2 Å². The van der Waals surface area contributed by atoms with E-state index in [2.05, 4.69) is 20.6 Å². The molecule has 3 aromatic rings. The van der Waals surface area contributed by atoms with Crippen LogP contribution in [-0.4, -0.2) is 15.9 Å². The number of hydrogen-bond donors (Lipinski definition) is 3. The smallest absolute Gasteiger partial charge is 0.258 e. The molecule has 0 saturated heterocycles. The molecule has 4 N–H and O–H groups in total. The van der Waals surface area contributed by atoms with Crippen LogP contribution in [-0.2, 0) is 0 Å². The van der Waals surface area contributed by atoms with Crippen LogP contribution in [0.2, 0.25) is 0 Å². The summed E-state index contributed by atoms with van der Waals surface area (Å²) < 4.78 is 0. The van der Waals surface area contributed by atoms with Gasteiger partial charge in [-0.25, -0.2) is 9.97 Å². The zero-order valence-corrected chi connectivity index (χ0v) is 12.2. The Labute approximate surface area is 133 Å². The number of nitrogens with one attached hydrogen (secondary N) is 2. The Morgan fingerprint density at radius 2 is 1.61 bits per heavy atom. The minimum Gasteiger partial charge on any atom is -0.398 e. The van der Waals surface area contributed by atoms with Crippen molar-refractivity contribution in [1.82, 2.24) is 9.97 Å². The third kappa shape index (κ3) is 3.62. The Bertz CT molecular complexity index is 820. The molecule has 1 amide bonds. The second kappa shape index (κ2) is 6.57. The van der Waals surface area contributed by atoms with Crippen LogP contribution < -0.4 is 16.4 Å². The topological polar surface area (TPSA) is 92.9 Å². The molecule has 0 radical (unpaired) electrons. The highest BCUT2D eigenvalue weighted by molar-refractivity contribution is 6.07. The van der Waals surface area contributed by atoms with Gasteiger partial charge in [-0.05, 0) is 36.4 Å². The summed E-state index contributed by atoms with van der Waals surface area (Å²) >= 11 is 0. The van der Waals surface area contributed by atoms with Gasteiger partial charge in [0.1, 0.15) is 17.5 Å². The molecule has 0 saturated carbocycles. The number of hydrogen-bond acceptors (Lipinski definition) is 5. The summed E-state index contributed by atoms with van der Waals surface area (Å²) in [5.74, 6) is 1.39. The summed E-state index contributed by atoms with van der Waals surface area (Å²) in [6.45, 7) is 0. The predicted molar refractivity (Wildman–Crippen MR) is 90.6 cm³/mol. The molecule has 6 nitrogen and oxygen atoms in total. The number of anilines is 4. The van der Waals surface area contributed by atoms with Crippen molar-refractivity contribution in [2.75, 3.05) is 16.4 Å². The van der Waals surface area contributed by atoms with Crippen LogP contribution in [0.1, 0.15) is 10.4 Å². The first kappa shape index (κ1) is 14.5. The van der Waals surface area contributed by atoms with Crippen molar-refractivity contribution < 1.29 is 4.79 Å². The normalized spacial score (nSPS) is 10.1. The zero-order valence-electron chi connectivity index (χ0n) is 12.2. The molecule has 0 atom stereocenters. The van der Waals surface area contributed by atoms with Crippen LogP contribution >= 0.6 is 0 Å². The molecule has 0 spiro atoms. The molecular formula is C17H15N5O. The van der Waals surface area contributed by atoms with Crippen LogP contribution in [0, 0.1) is 0 Å². The van der Waals surface area contributed by atoms with E-state index >= 15 is 0 Å². The standard InChI is InChI=1S/C17H15N5O/c18-13-7-2-1-6-12(13)17(23)22-16-10-5-9-15(21-16)20-14-8-3-4-11-19-14/h1-11H,18H2,(H2,19,20,21,22,23). The van der Waals surface area contributed by atoms with Gasteiger partial charge in [0, 0.05) is 11.9 Å². The van der Waals surface area contributed by atoms with Crippen molar-refractivity contribution in [1.29, 1.82) is 0 Å². The van der Waals surface area contributed by atoms with E-state index in [9.17, 15) is 4.79 Å². The maximum Gasteiger partial charge on any atom is 0.258 e. The lowest BCUT2D eigenvalue weighted by Crippen LogP contribution is -2.15. The van der Waals surface area contributed by atoms with Crippen LogP contribution in [0.4, 0.5) is 23.1 Å². The summed E-state index contributed by atoms with van der Waals surface area (Å²) in [6.07, 6.45) is 1.69. The van der Waals surface area contributed by atoms with Gasteiger partial charge in [-0.1, -0.05) is 24.3 Å². The summed E-state index contributed by atoms with van der Waals surface area (Å²) in [6, 6.07) is 17.7. The van der Waals surface area contributed by atoms with E-state index in [4.69, 9.17) is 5.73 Å². The summed E-state index contributed by atoms with van der Waals surface area (Å²) in [7, 11) is 0. The quantitative estimate of drug-likeness (QED) is 0.644.